The Bertz CT molecular complexity index is 751. The Morgan fingerprint density at radius 3 is 1.10 bits per heavy atom. The molecule has 0 saturated heterocycles. The van der Waals surface area contributed by atoms with Crippen LogP contribution >= 0.6 is 0 Å². The molecule has 0 bridgehead atoms. The third kappa shape index (κ3) is 12.0. The fourth-order valence-corrected chi connectivity index (χ4v) is 11.1. The average Bonchev–Trinajstić information content (AvgIpc) is 3.75. The van der Waals surface area contributed by atoms with Gasteiger partial charge in [0, 0.05) is 0 Å². The Kier molecular flexibility index (Phi) is 17.7. The smallest absolute Gasteiger partial charge is 0.0312 e. The number of hydrogen-bond donors (Lipinski definition) is 0. The van der Waals surface area contributed by atoms with E-state index in [1.165, 1.54) is 21.5 Å². The van der Waals surface area contributed by atoms with Gasteiger partial charge in [0.15, 0.2) is 0 Å². The van der Waals surface area contributed by atoms with Gasteiger partial charge in [0.25, 0.3) is 0 Å². The second-order valence-electron chi connectivity index (χ2n) is 12.0. The number of rotatable bonds is 5. The van der Waals surface area contributed by atoms with Gasteiger partial charge in [-0.15, -0.1) is 0 Å². The van der Waals surface area contributed by atoms with E-state index in [4.69, 9.17) is 19.5 Å². The summed E-state index contributed by atoms with van der Waals surface area (Å²) in [6, 6.07) is 0.450. The summed E-state index contributed by atoms with van der Waals surface area (Å²) in [6.45, 7) is 14.7. The standard InChI is InChI=1S/C24H30N2O2Se2.2C5H5.2Fe/c1-23(2,3)19-13-27-21(25-19)15-9-7-11-17(15)29-30-18-12-8-10-16(18)22-26-20(14-28-22)24(4,5)6;2*1-2-4-5-3-1;;/h7-12,19-20H,13-14H2,1-6H3;2*1-5H;;/q;;;2*+2/t19-,20-;;;;/m1..../s1. The molecular weight excluding hydrogens is 738 g/mol. The molecule has 4 aliphatic carbocycles. The van der Waals surface area contributed by atoms with Gasteiger partial charge in [-0.2, -0.15) is 0 Å². The van der Waals surface area contributed by atoms with Crippen molar-refractivity contribution in [2.24, 2.45) is 20.8 Å². The van der Waals surface area contributed by atoms with Crippen LogP contribution in [-0.2, 0) is 43.6 Å². The van der Waals surface area contributed by atoms with Gasteiger partial charge < -0.3 is 0 Å². The van der Waals surface area contributed by atoms with E-state index in [9.17, 15) is 0 Å². The average molecular weight is 778 g/mol. The van der Waals surface area contributed by atoms with Crippen LogP contribution in [0.1, 0.15) is 41.5 Å². The van der Waals surface area contributed by atoms with Crippen LogP contribution in [0.2, 0.25) is 0 Å². The molecule has 0 unspecified atom stereocenters. The zero-order valence-corrected chi connectivity index (χ0v) is 30.7. The second kappa shape index (κ2) is 19.0. The molecule has 0 aromatic carbocycles. The number of aliphatic imine (C=N–C) groups is 2. The summed E-state index contributed by atoms with van der Waals surface area (Å²) in [7, 11) is 0. The normalized spacial score (nSPS) is 27.1. The topological polar surface area (TPSA) is 43.2 Å². The maximum absolute atomic E-state index is 5.99. The Hall–Kier alpha value is 1.02. The molecule has 0 aromatic rings. The number of nitrogens with zero attached hydrogens (tertiary/aromatic N) is 2. The van der Waals surface area contributed by atoms with E-state index in [1.807, 2.05) is 64.2 Å². The predicted octanol–water partition coefficient (Wildman–Crippen LogP) is 5.50. The third-order valence-corrected chi connectivity index (χ3v) is 13.9. The summed E-state index contributed by atoms with van der Waals surface area (Å²) in [6.07, 6.45) is 33.0. The van der Waals surface area contributed by atoms with E-state index in [-0.39, 0.29) is 57.1 Å². The van der Waals surface area contributed by atoms with Gasteiger partial charge in [-0.25, -0.2) is 0 Å². The molecule has 2 heterocycles. The summed E-state index contributed by atoms with van der Waals surface area (Å²) in [5.41, 5.74) is 0.251. The molecule has 6 aliphatic rings. The van der Waals surface area contributed by atoms with E-state index < -0.39 is 0 Å². The molecule has 20 radical (unpaired) electrons. The van der Waals surface area contributed by atoms with Gasteiger partial charge in [-0.1, -0.05) is 0 Å². The minimum absolute atomic E-state index is 0. The van der Waals surface area contributed by atoms with Gasteiger partial charge in [0.2, 0.25) is 0 Å². The SMILES string of the molecule is CC(C)(C)[C@H]1COC([C]2[CH][CH][CH][C]2[Se][Se][C]2[CH][CH][CH][C]2C2=N[C@@H](C(C)(C)C)CO2)=N1.[CH]1[CH][CH][CH][CH]1.[CH]1[CH][CH][CH][CH]1.[Fe+2].[Fe+2]. The van der Waals surface area contributed by atoms with E-state index >= 15 is 0 Å². The zero-order chi connectivity index (χ0) is 28.6. The first-order valence-electron chi connectivity index (χ1n) is 13.7. The summed E-state index contributed by atoms with van der Waals surface area (Å²) < 4.78 is 12.0. The molecule has 42 heavy (non-hydrogen) atoms. The first kappa shape index (κ1) is 39.2. The molecule has 8 heteroatoms. The fourth-order valence-electron chi connectivity index (χ4n) is 3.97. The second-order valence-corrected chi connectivity index (χ2v) is 18.1. The van der Waals surface area contributed by atoms with Crippen molar-refractivity contribution in [2.75, 3.05) is 13.2 Å². The van der Waals surface area contributed by atoms with E-state index in [0.29, 0.717) is 39.5 Å². The largest absolute Gasteiger partial charge is 2.00 e. The maximum atomic E-state index is 5.99. The molecule has 4 fully saturated rings. The van der Waals surface area contributed by atoms with Crippen LogP contribution < -0.4 is 0 Å². The molecule has 0 spiro atoms. The van der Waals surface area contributed by atoms with E-state index in [0.717, 1.165) is 11.8 Å². The molecule has 0 amide bonds. The van der Waals surface area contributed by atoms with E-state index in [1.54, 1.807) is 0 Å². The summed E-state index contributed by atoms with van der Waals surface area (Å²) >= 11 is 0.701. The maximum Gasteiger partial charge on any atom is 2.00 e. The van der Waals surface area contributed by atoms with Gasteiger partial charge in [0.05, 0.1) is 0 Å². The Labute approximate surface area is 291 Å². The first-order chi connectivity index (χ1) is 19.1. The summed E-state index contributed by atoms with van der Waals surface area (Å²) in [5.74, 6) is 4.01. The molecule has 6 rings (SSSR count). The Balaban J connectivity index is 0.000000433. The van der Waals surface area contributed by atoms with Crippen molar-refractivity contribution in [3.63, 3.8) is 0 Å². The molecule has 222 valence electrons. The van der Waals surface area contributed by atoms with Crippen molar-refractivity contribution in [3.8, 4) is 0 Å². The fraction of sp³-hybridized carbons (Fsp3) is 0.353. The van der Waals surface area contributed by atoms with Crippen molar-refractivity contribution in [2.45, 2.75) is 53.6 Å². The summed E-state index contributed by atoms with van der Waals surface area (Å²) in [4.78, 5) is 12.5. The van der Waals surface area contributed by atoms with Crippen LogP contribution in [-0.4, -0.2) is 63.4 Å². The van der Waals surface area contributed by atoms with Crippen LogP contribution in [0.3, 0.4) is 0 Å². The van der Waals surface area contributed by atoms with Crippen molar-refractivity contribution in [3.05, 3.63) is 124 Å². The van der Waals surface area contributed by atoms with Crippen molar-refractivity contribution in [1.29, 1.82) is 0 Å². The predicted molar refractivity (Wildman–Crippen MR) is 167 cm³/mol. The zero-order valence-electron chi connectivity index (χ0n) is 25.0. The Morgan fingerprint density at radius 1 is 0.524 bits per heavy atom. The molecule has 0 aromatic heterocycles. The number of hydrogen-bond acceptors (Lipinski definition) is 4. The minimum Gasteiger partial charge on any atom is -0.0312 e. The third-order valence-electron chi connectivity index (χ3n) is 6.65. The molecule has 4 saturated carbocycles. The molecule has 0 N–H and O–H groups in total. The number of ether oxygens (including phenoxy) is 2. The van der Waals surface area contributed by atoms with Gasteiger partial charge >= 0.3 is 229 Å². The van der Waals surface area contributed by atoms with Crippen molar-refractivity contribution < 1.29 is 43.6 Å². The van der Waals surface area contributed by atoms with Crippen LogP contribution in [0.15, 0.2) is 9.98 Å². The van der Waals surface area contributed by atoms with Crippen molar-refractivity contribution >= 4 is 38.1 Å². The van der Waals surface area contributed by atoms with Crippen LogP contribution in [0.25, 0.3) is 0 Å². The van der Waals surface area contributed by atoms with Gasteiger partial charge in [0.1, 0.15) is 0 Å². The van der Waals surface area contributed by atoms with Gasteiger partial charge in [-0.3, -0.25) is 0 Å². The van der Waals surface area contributed by atoms with Crippen LogP contribution in [0.4, 0.5) is 0 Å². The van der Waals surface area contributed by atoms with Crippen molar-refractivity contribution in [1.82, 2.24) is 0 Å². The Morgan fingerprint density at radius 2 is 0.833 bits per heavy atom. The molecule has 2 aliphatic heterocycles. The van der Waals surface area contributed by atoms with Crippen LogP contribution in [0.5, 0.6) is 0 Å². The molecular formula is C34H40Fe2N2O2Se2+4. The van der Waals surface area contributed by atoms with Crippen LogP contribution in [0, 0.1) is 135 Å². The monoisotopic (exact) mass is 780 g/mol. The summed E-state index contributed by atoms with van der Waals surface area (Å²) in [5, 5.41) is 0. The molecule has 4 nitrogen and oxygen atoms in total. The minimum atomic E-state index is 0. The quantitative estimate of drug-likeness (QED) is 0.347. The first-order valence-corrected chi connectivity index (χ1v) is 19.8. The van der Waals surface area contributed by atoms with Gasteiger partial charge in [-0.05, 0) is 64.2 Å². The molecule has 2 atom stereocenters. The van der Waals surface area contributed by atoms with E-state index in [2.05, 4.69) is 80.1 Å².